The molecule has 0 atom stereocenters. The van der Waals surface area contributed by atoms with Crippen molar-refractivity contribution in [2.24, 2.45) is 9.98 Å². The second kappa shape index (κ2) is 9.13. The van der Waals surface area contributed by atoms with Gasteiger partial charge in [0.05, 0.1) is 30.1 Å². The zero-order chi connectivity index (χ0) is 24.6. The highest BCUT2D eigenvalue weighted by Crippen LogP contribution is 2.34. The van der Waals surface area contributed by atoms with Crippen molar-refractivity contribution in [3.05, 3.63) is 106 Å². The number of halogens is 3. The summed E-state index contributed by atoms with van der Waals surface area (Å²) in [6.45, 7) is 1.79. The Kier molecular flexibility index (Phi) is 5.65. The van der Waals surface area contributed by atoms with Crippen LogP contribution >= 0.6 is 11.6 Å². The molecule has 9 heteroatoms. The van der Waals surface area contributed by atoms with Crippen molar-refractivity contribution in [3.8, 4) is 11.3 Å². The normalized spacial score (nSPS) is 14.2. The van der Waals surface area contributed by atoms with E-state index in [1.165, 1.54) is 18.2 Å². The SMILES string of the molecule is Fc1cccc(F)c1C1=NCc2cnc(Nc3ccc(C4=NCCN4)cc3)nc2-c2ccc(Cl)cc21. The van der Waals surface area contributed by atoms with E-state index in [9.17, 15) is 8.78 Å². The predicted molar refractivity (Wildman–Crippen MR) is 137 cm³/mol. The van der Waals surface area contributed by atoms with Gasteiger partial charge in [-0.25, -0.2) is 18.7 Å². The van der Waals surface area contributed by atoms with Gasteiger partial charge in [0.15, 0.2) is 0 Å². The standard InChI is InChI=1S/C27H19ClF2N6/c28-17-6-9-19-20(12-17)25(23-21(29)2-1-3-22(23)30)33-13-16-14-34-27(36-24(16)19)35-18-7-4-15(5-8-18)26-31-10-11-32-26/h1-9,12,14H,10-11,13H2,(H,31,32)(H,34,35,36). The maximum absolute atomic E-state index is 14.7. The van der Waals surface area contributed by atoms with Gasteiger partial charge < -0.3 is 10.6 Å². The van der Waals surface area contributed by atoms with Crippen molar-refractivity contribution in [1.82, 2.24) is 15.3 Å². The molecule has 0 amide bonds. The van der Waals surface area contributed by atoms with Crippen molar-refractivity contribution in [1.29, 1.82) is 0 Å². The number of aromatic nitrogens is 2. The van der Waals surface area contributed by atoms with Crippen LogP contribution < -0.4 is 10.6 Å². The lowest BCUT2D eigenvalue weighted by Gasteiger charge is -2.13. The molecule has 4 aromatic rings. The number of nitrogens with zero attached hydrogens (tertiary/aromatic N) is 4. The van der Waals surface area contributed by atoms with E-state index in [0.717, 1.165) is 35.7 Å². The van der Waals surface area contributed by atoms with E-state index in [2.05, 4.69) is 25.6 Å². The van der Waals surface area contributed by atoms with Gasteiger partial charge in [0.1, 0.15) is 17.5 Å². The molecular formula is C27H19ClF2N6. The largest absolute Gasteiger partial charge is 0.368 e. The molecule has 3 heterocycles. The van der Waals surface area contributed by atoms with Crippen LogP contribution in [0.25, 0.3) is 11.3 Å². The Morgan fingerprint density at radius 1 is 0.917 bits per heavy atom. The van der Waals surface area contributed by atoms with Gasteiger partial charge in [-0.2, -0.15) is 0 Å². The molecular weight excluding hydrogens is 482 g/mol. The lowest BCUT2D eigenvalue weighted by atomic mass is 9.95. The summed E-state index contributed by atoms with van der Waals surface area (Å²) in [5.74, 6) is -0.109. The number of fused-ring (bicyclic) bond motifs is 3. The minimum atomic E-state index is -0.693. The molecule has 0 radical (unpaired) electrons. The van der Waals surface area contributed by atoms with Crippen molar-refractivity contribution >= 4 is 34.8 Å². The Hall–Kier alpha value is -4.17. The van der Waals surface area contributed by atoms with Crippen LogP contribution in [-0.2, 0) is 6.54 Å². The van der Waals surface area contributed by atoms with Gasteiger partial charge in [0.25, 0.3) is 0 Å². The number of nitrogens with one attached hydrogen (secondary N) is 2. The summed E-state index contributed by atoms with van der Waals surface area (Å²) in [6, 6.07) is 16.7. The van der Waals surface area contributed by atoms with E-state index >= 15 is 0 Å². The molecule has 0 bridgehead atoms. The molecule has 178 valence electrons. The molecule has 0 unspecified atom stereocenters. The molecule has 0 saturated carbocycles. The third-order valence-corrected chi connectivity index (χ3v) is 6.29. The third-order valence-electron chi connectivity index (χ3n) is 6.05. The summed E-state index contributed by atoms with van der Waals surface area (Å²) in [6.07, 6.45) is 1.68. The van der Waals surface area contributed by atoms with E-state index in [1.807, 2.05) is 24.3 Å². The van der Waals surface area contributed by atoms with Gasteiger partial charge in [0, 0.05) is 45.7 Å². The van der Waals surface area contributed by atoms with Crippen LogP contribution in [0.5, 0.6) is 0 Å². The quantitative estimate of drug-likeness (QED) is 0.387. The van der Waals surface area contributed by atoms with Gasteiger partial charge in [-0.15, -0.1) is 0 Å². The number of amidine groups is 1. The molecule has 0 aliphatic carbocycles. The zero-order valence-corrected chi connectivity index (χ0v) is 19.7. The van der Waals surface area contributed by atoms with Crippen molar-refractivity contribution < 1.29 is 8.78 Å². The molecule has 0 saturated heterocycles. The number of benzene rings is 3. The fourth-order valence-electron chi connectivity index (χ4n) is 4.35. The molecule has 3 aromatic carbocycles. The second-order valence-corrected chi connectivity index (χ2v) is 8.81. The van der Waals surface area contributed by atoms with Gasteiger partial charge >= 0.3 is 0 Å². The monoisotopic (exact) mass is 500 g/mol. The molecule has 6 rings (SSSR count). The van der Waals surface area contributed by atoms with E-state index in [-0.39, 0.29) is 17.8 Å². The minimum Gasteiger partial charge on any atom is -0.368 e. The van der Waals surface area contributed by atoms with Crippen LogP contribution in [0, 0.1) is 11.6 Å². The van der Waals surface area contributed by atoms with E-state index < -0.39 is 11.6 Å². The predicted octanol–water partition coefficient (Wildman–Crippen LogP) is 5.52. The fraction of sp³-hybridized carbons (Fsp3) is 0.111. The van der Waals surface area contributed by atoms with Crippen molar-refractivity contribution in [2.75, 3.05) is 18.4 Å². The summed E-state index contributed by atoms with van der Waals surface area (Å²) in [4.78, 5) is 18.2. The first kappa shape index (κ1) is 22.3. The summed E-state index contributed by atoms with van der Waals surface area (Å²) >= 11 is 6.29. The summed E-state index contributed by atoms with van der Waals surface area (Å²) in [7, 11) is 0. The van der Waals surface area contributed by atoms with E-state index in [4.69, 9.17) is 16.6 Å². The molecule has 1 aromatic heterocycles. The maximum atomic E-state index is 14.7. The first-order valence-electron chi connectivity index (χ1n) is 11.4. The Labute approximate surface area is 210 Å². The van der Waals surface area contributed by atoms with Crippen LogP contribution in [0.2, 0.25) is 5.02 Å². The number of anilines is 2. The Bertz CT molecular complexity index is 1530. The molecule has 2 aliphatic rings. The number of hydrogen-bond donors (Lipinski definition) is 2. The van der Waals surface area contributed by atoms with E-state index in [1.54, 1.807) is 24.4 Å². The van der Waals surface area contributed by atoms with Gasteiger partial charge in [-0.3, -0.25) is 9.98 Å². The van der Waals surface area contributed by atoms with Crippen LogP contribution in [0.15, 0.2) is 76.8 Å². The average molecular weight is 501 g/mol. The Morgan fingerprint density at radius 2 is 1.72 bits per heavy atom. The fourth-order valence-corrected chi connectivity index (χ4v) is 4.53. The Morgan fingerprint density at radius 3 is 2.47 bits per heavy atom. The van der Waals surface area contributed by atoms with Crippen LogP contribution in [0.1, 0.15) is 22.3 Å². The number of aliphatic imine (C=N–C) groups is 2. The highest BCUT2D eigenvalue weighted by atomic mass is 35.5. The minimum absolute atomic E-state index is 0.162. The maximum Gasteiger partial charge on any atom is 0.227 e. The van der Waals surface area contributed by atoms with E-state index in [0.29, 0.717) is 27.8 Å². The van der Waals surface area contributed by atoms with Gasteiger partial charge in [-0.1, -0.05) is 23.7 Å². The first-order chi connectivity index (χ1) is 17.6. The van der Waals surface area contributed by atoms with Crippen molar-refractivity contribution in [3.63, 3.8) is 0 Å². The highest BCUT2D eigenvalue weighted by Gasteiger charge is 2.25. The third kappa shape index (κ3) is 4.09. The van der Waals surface area contributed by atoms with Crippen LogP contribution in [-0.4, -0.2) is 34.6 Å². The van der Waals surface area contributed by atoms with Gasteiger partial charge in [-0.05, 0) is 48.5 Å². The lowest BCUT2D eigenvalue weighted by Crippen LogP contribution is -2.19. The van der Waals surface area contributed by atoms with Crippen LogP contribution in [0.3, 0.4) is 0 Å². The zero-order valence-electron chi connectivity index (χ0n) is 18.9. The second-order valence-electron chi connectivity index (χ2n) is 8.38. The molecule has 2 aliphatic heterocycles. The molecule has 0 spiro atoms. The molecule has 0 fully saturated rings. The lowest BCUT2D eigenvalue weighted by molar-refractivity contribution is 0.579. The number of rotatable bonds is 4. The Balaban J connectivity index is 1.38. The topological polar surface area (TPSA) is 74.6 Å². The average Bonchev–Trinajstić information content (AvgIpc) is 3.37. The molecule has 2 N–H and O–H groups in total. The molecule has 36 heavy (non-hydrogen) atoms. The number of hydrogen-bond acceptors (Lipinski definition) is 6. The smallest absolute Gasteiger partial charge is 0.227 e. The first-order valence-corrected chi connectivity index (χ1v) is 11.8. The van der Waals surface area contributed by atoms with Crippen LogP contribution in [0.4, 0.5) is 20.4 Å². The summed E-state index contributed by atoms with van der Waals surface area (Å²) < 4.78 is 29.4. The summed E-state index contributed by atoms with van der Waals surface area (Å²) in [5, 5.41) is 6.91. The molecule has 6 nitrogen and oxygen atoms in total. The summed E-state index contributed by atoms with van der Waals surface area (Å²) in [5.41, 5.74) is 4.34. The van der Waals surface area contributed by atoms with Gasteiger partial charge in [0.2, 0.25) is 5.95 Å². The van der Waals surface area contributed by atoms with Crippen molar-refractivity contribution in [2.45, 2.75) is 6.54 Å². The highest BCUT2D eigenvalue weighted by molar-refractivity contribution is 6.31.